The predicted molar refractivity (Wildman–Crippen MR) is 83.6 cm³/mol. The quantitative estimate of drug-likeness (QED) is 0.906. The lowest BCUT2D eigenvalue weighted by molar-refractivity contribution is 0.0707. The topological polar surface area (TPSA) is 37.0 Å². The second-order valence-electron chi connectivity index (χ2n) is 5.54. The zero-order valence-corrected chi connectivity index (χ0v) is 12.6. The first kappa shape index (κ1) is 13.9. The van der Waals surface area contributed by atoms with Gasteiger partial charge in [-0.3, -0.25) is 0 Å². The Morgan fingerprint density at radius 2 is 2.35 bits per heavy atom. The number of fused-ring (bicyclic) bond motifs is 1. The molecule has 0 saturated carbocycles. The highest BCUT2D eigenvalue weighted by molar-refractivity contribution is 6.31. The van der Waals surface area contributed by atoms with Crippen molar-refractivity contribution in [3.63, 3.8) is 0 Å². The lowest BCUT2D eigenvalue weighted by atomic mass is 10.1. The summed E-state index contributed by atoms with van der Waals surface area (Å²) in [5.74, 6) is 0. The Morgan fingerprint density at radius 1 is 1.45 bits per heavy atom. The number of hydrogen-bond donors (Lipinski definition) is 2. The average Bonchev–Trinajstić information content (AvgIpc) is 2.76. The molecule has 0 aliphatic carbocycles. The van der Waals surface area contributed by atoms with Crippen LogP contribution in [0.15, 0.2) is 18.2 Å². The first-order valence-corrected chi connectivity index (χ1v) is 7.69. The largest absolute Gasteiger partial charge is 0.380 e. The molecule has 20 heavy (non-hydrogen) atoms. The van der Waals surface area contributed by atoms with Crippen molar-refractivity contribution in [2.75, 3.05) is 19.8 Å². The fourth-order valence-corrected chi connectivity index (χ4v) is 3.15. The maximum atomic E-state index is 6.11. The number of ether oxygens (including phenoxy) is 1. The van der Waals surface area contributed by atoms with Crippen LogP contribution in [0.2, 0.25) is 5.02 Å². The van der Waals surface area contributed by atoms with E-state index in [-0.39, 0.29) is 0 Å². The number of aryl methyl sites for hydroxylation is 1. The van der Waals surface area contributed by atoms with Crippen LogP contribution in [-0.2, 0) is 11.2 Å². The lowest BCUT2D eigenvalue weighted by Gasteiger charge is -2.23. The number of benzene rings is 1. The van der Waals surface area contributed by atoms with Crippen LogP contribution in [0, 0.1) is 6.92 Å². The van der Waals surface area contributed by atoms with E-state index in [2.05, 4.69) is 29.4 Å². The van der Waals surface area contributed by atoms with Gasteiger partial charge in [0.2, 0.25) is 0 Å². The molecule has 0 spiro atoms. The fourth-order valence-electron chi connectivity index (χ4n) is 2.98. The van der Waals surface area contributed by atoms with Crippen LogP contribution in [-0.4, -0.2) is 30.8 Å². The normalized spacial score (nSPS) is 19.6. The Bertz CT molecular complexity index is 587. The van der Waals surface area contributed by atoms with Crippen LogP contribution >= 0.6 is 11.6 Å². The Kier molecular flexibility index (Phi) is 4.29. The fraction of sp³-hybridized carbons (Fsp3) is 0.500. The summed E-state index contributed by atoms with van der Waals surface area (Å²) in [6, 6.07) is 6.55. The van der Waals surface area contributed by atoms with Crippen LogP contribution in [0.1, 0.15) is 24.1 Å². The number of rotatable bonds is 4. The van der Waals surface area contributed by atoms with Crippen molar-refractivity contribution in [3.8, 4) is 0 Å². The van der Waals surface area contributed by atoms with E-state index < -0.39 is 0 Å². The molecule has 0 radical (unpaired) electrons. The molecule has 108 valence electrons. The summed E-state index contributed by atoms with van der Waals surface area (Å²) in [6.45, 7) is 4.87. The summed E-state index contributed by atoms with van der Waals surface area (Å²) in [5.41, 5.74) is 3.78. The first-order chi connectivity index (χ1) is 9.74. The molecule has 0 unspecified atom stereocenters. The van der Waals surface area contributed by atoms with E-state index in [9.17, 15) is 0 Å². The molecule has 2 aromatic rings. The minimum absolute atomic E-state index is 0.512. The molecular weight excluding hydrogens is 272 g/mol. The van der Waals surface area contributed by atoms with Crippen LogP contribution in [0.25, 0.3) is 10.9 Å². The second-order valence-corrected chi connectivity index (χ2v) is 5.97. The lowest BCUT2D eigenvalue weighted by Crippen LogP contribution is -2.37. The van der Waals surface area contributed by atoms with E-state index in [1.165, 1.54) is 35.0 Å². The summed E-state index contributed by atoms with van der Waals surface area (Å²) >= 11 is 6.11. The molecule has 3 nitrogen and oxygen atoms in total. The van der Waals surface area contributed by atoms with Crippen molar-refractivity contribution in [3.05, 3.63) is 34.5 Å². The standard InChI is InChI=1S/C16H21ClN2O/c1-11-14(6-7-18-13-3-2-8-20-10-13)15-9-12(17)4-5-16(15)19-11/h4-5,9,13,18-19H,2-3,6-8,10H2,1H3/t13-/m0/s1. The molecule has 1 aliphatic heterocycles. The van der Waals surface area contributed by atoms with E-state index in [0.29, 0.717) is 6.04 Å². The van der Waals surface area contributed by atoms with Crippen molar-refractivity contribution in [1.29, 1.82) is 0 Å². The molecule has 1 aliphatic rings. The van der Waals surface area contributed by atoms with Crippen molar-refractivity contribution in [1.82, 2.24) is 10.3 Å². The number of halogens is 1. The Morgan fingerprint density at radius 3 is 3.15 bits per heavy atom. The molecule has 0 amide bonds. The highest BCUT2D eigenvalue weighted by atomic mass is 35.5. The minimum Gasteiger partial charge on any atom is -0.380 e. The van der Waals surface area contributed by atoms with Crippen LogP contribution in [0.3, 0.4) is 0 Å². The smallest absolute Gasteiger partial charge is 0.0619 e. The molecular formula is C16H21ClN2O. The monoisotopic (exact) mass is 292 g/mol. The first-order valence-electron chi connectivity index (χ1n) is 7.32. The number of nitrogens with one attached hydrogen (secondary N) is 2. The van der Waals surface area contributed by atoms with Gasteiger partial charge in [0.05, 0.1) is 6.61 Å². The highest BCUT2D eigenvalue weighted by Crippen LogP contribution is 2.25. The number of aromatic amines is 1. The van der Waals surface area contributed by atoms with Gasteiger partial charge in [-0.15, -0.1) is 0 Å². The van der Waals surface area contributed by atoms with Gasteiger partial charge in [-0.05, 0) is 56.5 Å². The van der Waals surface area contributed by atoms with Gasteiger partial charge in [-0.1, -0.05) is 11.6 Å². The molecule has 2 N–H and O–H groups in total. The highest BCUT2D eigenvalue weighted by Gasteiger charge is 2.14. The zero-order valence-electron chi connectivity index (χ0n) is 11.8. The van der Waals surface area contributed by atoms with Crippen LogP contribution < -0.4 is 5.32 Å². The van der Waals surface area contributed by atoms with Gasteiger partial charge in [-0.25, -0.2) is 0 Å². The number of H-pyrrole nitrogens is 1. The summed E-state index contributed by atoms with van der Waals surface area (Å²) in [5, 5.41) is 5.64. The molecule has 3 rings (SSSR count). The molecule has 1 fully saturated rings. The summed E-state index contributed by atoms with van der Waals surface area (Å²) in [4.78, 5) is 3.43. The summed E-state index contributed by atoms with van der Waals surface area (Å²) in [7, 11) is 0. The third kappa shape index (κ3) is 3.00. The molecule has 0 bridgehead atoms. The van der Waals surface area contributed by atoms with E-state index in [1.807, 2.05) is 6.07 Å². The molecule has 1 atom stereocenters. The average molecular weight is 293 g/mol. The van der Waals surface area contributed by atoms with E-state index >= 15 is 0 Å². The van der Waals surface area contributed by atoms with Gasteiger partial charge in [-0.2, -0.15) is 0 Å². The molecule has 4 heteroatoms. The number of aromatic nitrogens is 1. The molecule has 1 saturated heterocycles. The molecule has 2 heterocycles. The third-order valence-corrected chi connectivity index (χ3v) is 4.28. The Labute approximate surface area is 124 Å². The van der Waals surface area contributed by atoms with E-state index in [4.69, 9.17) is 16.3 Å². The van der Waals surface area contributed by atoms with Crippen molar-refractivity contribution in [2.24, 2.45) is 0 Å². The minimum atomic E-state index is 0.512. The van der Waals surface area contributed by atoms with Crippen LogP contribution in [0.5, 0.6) is 0 Å². The van der Waals surface area contributed by atoms with Gasteiger partial charge in [0.15, 0.2) is 0 Å². The molecule has 1 aromatic carbocycles. The van der Waals surface area contributed by atoms with Gasteiger partial charge in [0.25, 0.3) is 0 Å². The predicted octanol–water partition coefficient (Wildman–Crippen LogP) is 3.44. The second kappa shape index (κ2) is 6.17. The Balaban J connectivity index is 1.67. The maximum Gasteiger partial charge on any atom is 0.0619 e. The van der Waals surface area contributed by atoms with E-state index in [1.54, 1.807) is 0 Å². The summed E-state index contributed by atoms with van der Waals surface area (Å²) in [6.07, 6.45) is 3.40. The van der Waals surface area contributed by atoms with Crippen molar-refractivity contribution in [2.45, 2.75) is 32.2 Å². The summed E-state index contributed by atoms with van der Waals surface area (Å²) < 4.78 is 5.49. The third-order valence-electron chi connectivity index (χ3n) is 4.05. The maximum absolute atomic E-state index is 6.11. The van der Waals surface area contributed by atoms with Crippen LogP contribution in [0.4, 0.5) is 0 Å². The van der Waals surface area contributed by atoms with Gasteiger partial charge >= 0.3 is 0 Å². The van der Waals surface area contributed by atoms with Gasteiger partial charge in [0.1, 0.15) is 0 Å². The SMILES string of the molecule is Cc1[nH]c2ccc(Cl)cc2c1CCN[C@H]1CCCOC1. The molecule has 1 aromatic heterocycles. The number of hydrogen-bond acceptors (Lipinski definition) is 2. The van der Waals surface area contributed by atoms with Gasteiger partial charge in [0, 0.05) is 34.3 Å². The van der Waals surface area contributed by atoms with Crippen molar-refractivity contribution >= 4 is 22.5 Å². The van der Waals surface area contributed by atoms with E-state index in [0.717, 1.165) is 31.2 Å². The van der Waals surface area contributed by atoms with Gasteiger partial charge < -0.3 is 15.0 Å². The zero-order chi connectivity index (χ0) is 13.9. The van der Waals surface area contributed by atoms with Crippen molar-refractivity contribution < 1.29 is 4.74 Å². The Hall–Kier alpha value is -1.03.